The number of allylic oxidation sites excluding steroid dienone is 2. The number of rotatable bonds is 6. The lowest BCUT2D eigenvalue weighted by atomic mass is 10.3. The predicted molar refractivity (Wildman–Crippen MR) is 53.7 cm³/mol. The minimum absolute atomic E-state index is 0.303. The summed E-state index contributed by atoms with van der Waals surface area (Å²) in [5.41, 5.74) is 0. The van der Waals surface area contributed by atoms with Crippen LogP contribution in [-0.4, -0.2) is 19.2 Å². The zero-order valence-electron chi connectivity index (χ0n) is 8.51. The van der Waals surface area contributed by atoms with Gasteiger partial charge in [-0.25, -0.2) is 4.79 Å². The van der Waals surface area contributed by atoms with Crippen molar-refractivity contribution in [1.82, 2.24) is 5.32 Å². The van der Waals surface area contributed by atoms with Crippen LogP contribution >= 0.6 is 0 Å². The Bertz CT molecular complexity index is 155. The number of amides is 1. The highest BCUT2D eigenvalue weighted by atomic mass is 16.5. The van der Waals surface area contributed by atoms with E-state index in [2.05, 4.69) is 11.4 Å². The third-order valence-electron chi connectivity index (χ3n) is 1.50. The Morgan fingerprint density at radius 3 is 2.92 bits per heavy atom. The third kappa shape index (κ3) is 8.92. The fourth-order valence-corrected chi connectivity index (χ4v) is 0.811. The van der Waals surface area contributed by atoms with Gasteiger partial charge in [-0.15, -0.1) is 0 Å². The van der Waals surface area contributed by atoms with Crippen molar-refractivity contribution in [1.29, 1.82) is 0 Å². The summed E-state index contributed by atoms with van der Waals surface area (Å²) in [5, 5.41) is 2.64. The maximum Gasteiger partial charge on any atom is 0.407 e. The molecule has 0 spiro atoms. The van der Waals surface area contributed by atoms with Gasteiger partial charge >= 0.3 is 6.09 Å². The maximum absolute atomic E-state index is 10.9. The SMILES string of the molecule is C/C=C/CCCOC(=O)NCCC. The molecule has 0 rings (SSSR count). The largest absolute Gasteiger partial charge is 0.450 e. The van der Waals surface area contributed by atoms with E-state index in [-0.39, 0.29) is 6.09 Å². The quantitative estimate of drug-likeness (QED) is 0.510. The van der Waals surface area contributed by atoms with Gasteiger partial charge in [0.05, 0.1) is 6.61 Å². The van der Waals surface area contributed by atoms with E-state index in [9.17, 15) is 4.79 Å². The van der Waals surface area contributed by atoms with Crippen LogP contribution in [0.2, 0.25) is 0 Å². The Morgan fingerprint density at radius 2 is 2.31 bits per heavy atom. The zero-order chi connectivity index (χ0) is 9.94. The van der Waals surface area contributed by atoms with Gasteiger partial charge in [-0.3, -0.25) is 0 Å². The molecule has 1 amide bonds. The summed E-state index contributed by atoms with van der Waals surface area (Å²) in [6.07, 6.45) is 6.56. The molecule has 13 heavy (non-hydrogen) atoms. The number of ether oxygens (including phenoxy) is 1. The Hall–Kier alpha value is -0.990. The lowest BCUT2D eigenvalue weighted by molar-refractivity contribution is 0.145. The predicted octanol–water partition coefficient (Wildman–Crippen LogP) is 2.48. The van der Waals surface area contributed by atoms with Crippen molar-refractivity contribution >= 4 is 6.09 Å². The van der Waals surface area contributed by atoms with E-state index < -0.39 is 0 Å². The summed E-state index contributed by atoms with van der Waals surface area (Å²) in [6, 6.07) is 0. The van der Waals surface area contributed by atoms with Crippen molar-refractivity contribution in [3.8, 4) is 0 Å². The molecule has 0 radical (unpaired) electrons. The lowest BCUT2D eigenvalue weighted by Gasteiger charge is -2.04. The molecule has 3 heteroatoms. The molecule has 0 bridgehead atoms. The Balaban J connectivity index is 3.17. The van der Waals surface area contributed by atoms with Crippen LogP contribution < -0.4 is 5.32 Å². The monoisotopic (exact) mass is 185 g/mol. The normalized spacial score (nSPS) is 10.3. The summed E-state index contributed by atoms with van der Waals surface area (Å²) >= 11 is 0. The second kappa shape index (κ2) is 9.10. The minimum Gasteiger partial charge on any atom is -0.450 e. The molecule has 0 aliphatic rings. The fourth-order valence-electron chi connectivity index (χ4n) is 0.811. The van der Waals surface area contributed by atoms with Crippen molar-refractivity contribution in [2.75, 3.05) is 13.2 Å². The van der Waals surface area contributed by atoms with Crippen molar-refractivity contribution in [3.05, 3.63) is 12.2 Å². The number of carbonyl (C=O) groups excluding carboxylic acids is 1. The number of hydrogen-bond donors (Lipinski definition) is 1. The van der Waals surface area contributed by atoms with Gasteiger partial charge in [-0.05, 0) is 26.2 Å². The van der Waals surface area contributed by atoms with Crippen molar-refractivity contribution < 1.29 is 9.53 Å². The molecule has 0 fully saturated rings. The molecule has 1 N–H and O–H groups in total. The molecule has 0 saturated heterocycles. The average Bonchev–Trinajstić information content (AvgIpc) is 2.14. The topological polar surface area (TPSA) is 38.3 Å². The average molecular weight is 185 g/mol. The minimum atomic E-state index is -0.303. The third-order valence-corrected chi connectivity index (χ3v) is 1.50. The van der Waals surface area contributed by atoms with Crippen molar-refractivity contribution in [3.63, 3.8) is 0 Å². The van der Waals surface area contributed by atoms with Gasteiger partial charge in [-0.2, -0.15) is 0 Å². The highest BCUT2D eigenvalue weighted by Gasteiger charge is 1.97. The van der Waals surface area contributed by atoms with E-state index in [0.717, 1.165) is 19.3 Å². The van der Waals surface area contributed by atoms with E-state index in [1.54, 1.807) is 0 Å². The Labute approximate surface area is 80.2 Å². The summed E-state index contributed by atoms with van der Waals surface area (Å²) in [4.78, 5) is 10.9. The van der Waals surface area contributed by atoms with E-state index >= 15 is 0 Å². The van der Waals surface area contributed by atoms with Crippen LogP contribution in [0.4, 0.5) is 4.79 Å². The van der Waals surface area contributed by atoms with Crippen molar-refractivity contribution in [2.24, 2.45) is 0 Å². The first kappa shape index (κ1) is 12.0. The van der Waals surface area contributed by atoms with E-state index in [0.29, 0.717) is 13.2 Å². The van der Waals surface area contributed by atoms with Crippen LogP contribution in [0.25, 0.3) is 0 Å². The van der Waals surface area contributed by atoms with Crippen LogP contribution in [0.1, 0.15) is 33.1 Å². The molecule has 0 aromatic rings. The van der Waals surface area contributed by atoms with Gasteiger partial charge in [0, 0.05) is 6.54 Å². The molecule has 0 unspecified atom stereocenters. The molecule has 3 nitrogen and oxygen atoms in total. The summed E-state index contributed by atoms with van der Waals surface area (Å²) in [6.45, 7) is 5.18. The maximum atomic E-state index is 10.9. The van der Waals surface area contributed by atoms with Gasteiger partial charge in [0.1, 0.15) is 0 Å². The van der Waals surface area contributed by atoms with Crippen LogP contribution in [0, 0.1) is 0 Å². The number of nitrogens with one attached hydrogen (secondary N) is 1. The first-order valence-corrected chi connectivity index (χ1v) is 4.83. The van der Waals surface area contributed by atoms with Crippen LogP contribution in [0.15, 0.2) is 12.2 Å². The van der Waals surface area contributed by atoms with E-state index in [1.165, 1.54) is 0 Å². The second-order valence-corrected chi connectivity index (χ2v) is 2.77. The molecule has 0 aromatic heterocycles. The second-order valence-electron chi connectivity index (χ2n) is 2.77. The summed E-state index contributed by atoms with van der Waals surface area (Å²) in [5.74, 6) is 0. The molecule has 0 heterocycles. The Morgan fingerprint density at radius 1 is 1.54 bits per heavy atom. The van der Waals surface area contributed by atoms with Crippen LogP contribution in [0.5, 0.6) is 0 Å². The highest BCUT2D eigenvalue weighted by molar-refractivity contribution is 5.66. The van der Waals surface area contributed by atoms with Crippen molar-refractivity contribution in [2.45, 2.75) is 33.1 Å². The van der Waals surface area contributed by atoms with Crippen LogP contribution in [0.3, 0.4) is 0 Å². The van der Waals surface area contributed by atoms with Crippen LogP contribution in [-0.2, 0) is 4.74 Å². The molecule has 0 saturated carbocycles. The molecular formula is C10H19NO2. The number of carbonyl (C=O) groups is 1. The first-order chi connectivity index (χ1) is 6.31. The smallest absolute Gasteiger partial charge is 0.407 e. The highest BCUT2D eigenvalue weighted by Crippen LogP contribution is 1.92. The van der Waals surface area contributed by atoms with Gasteiger partial charge in [-0.1, -0.05) is 19.1 Å². The first-order valence-electron chi connectivity index (χ1n) is 4.83. The van der Waals surface area contributed by atoms with E-state index in [1.807, 2.05) is 19.9 Å². The number of alkyl carbamates (subject to hydrolysis) is 1. The van der Waals surface area contributed by atoms with Gasteiger partial charge in [0.25, 0.3) is 0 Å². The summed E-state index contributed by atoms with van der Waals surface area (Å²) < 4.78 is 4.91. The zero-order valence-corrected chi connectivity index (χ0v) is 8.51. The fraction of sp³-hybridized carbons (Fsp3) is 0.700. The van der Waals surface area contributed by atoms with E-state index in [4.69, 9.17) is 4.74 Å². The molecule has 0 aliphatic carbocycles. The Kier molecular flexibility index (Phi) is 8.41. The molecule has 0 aliphatic heterocycles. The molecule has 0 aromatic carbocycles. The molecule has 76 valence electrons. The van der Waals surface area contributed by atoms with Gasteiger partial charge in [0.15, 0.2) is 0 Å². The standard InChI is InChI=1S/C10H19NO2/c1-3-5-6-7-9-13-10(12)11-8-4-2/h3,5H,4,6-9H2,1-2H3,(H,11,12)/b5-3+. The number of hydrogen-bond acceptors (Lipinski definition) is 2. The van der Waals surface area contributed by atoms with Gasteiger partial charge in [0.2, 0.25) is 0 Å². The van der Waals surface area contributed by atoms with Gasteiger partial charge < -0.3 is 10.1 Å². The molecule has 0 atom stereocenters. The molecular weight excluding hydrogens is 166 g/mol. The summed E-state index contributed by atoms with van der Waals surface area (Å²) in [7, 11) is 0. The number of unbranched alkanes of at least 4 members (excludes halogenated alkanes) is 1. The lowest BCUT2D eigenvalue weighted by Crippen LogP contribution is -2.25.